The summed E-state index contributed by atoms with van der Waals surface area (Å²) in [5.41, 5.74) is 2.59. The van der Waals surface area contributed by atoms with Crippen LogP contribution >= 0.6 is 12.2 Å². The maximum absolute atomic E-state index is 5.14. The first-order chi connectivity index (χ1) is 5.79. The summed E-state index contributed by atoms with van der Waals surface area (Å²) >= 11 is 5.14. The van der Waals surface area contributed by atoms with Crippen molar-refractivity contribution in [1.82, 2.24) is 10.2 Å². The van der Waals surface area contributed by atoms with E-state index in [1.165, 1.54) is 24.1 Å². The molecule has 2 nitrogen and oxygen atoms in total. The van der Waals surface area contributed by atoms with E-state index in [1.807, 2.05) is 0 Å². The van der Waals surface area contributed by atoms with Gasteiger partial charge in [0.25, 0.3) is 0 Å². The second kappa shape index (κ2) is 4.45. The van der Waals surface area contributed by atoms with Crippen molar-refractivity contribution < 1.29 is 0 Å². The van der Waals surface area contributed by atoms with Crippen molar-refractivity contribution in [1.29, 1.82) is 0 Å². The molecule has 0 saturated carbocycles. The summed E-state index contributed by atoms with van der Waals surface area (Å²) in [4.78, 5) is 0. The Kier molecular flexibility index (Phi) is 3.53. The molecule has 0 aromatic carbocycles. The Hall–Kier alpha value is -0.570. The van der Waals surface area contributed by atoms with Gasteiger partial charge in [-0.25, -0.2) is 0 Å². The van der Waals surface area contributed by atoms with Crippen molar-refractivity contribution >= 4 is 12.2 Å². The summed E-state index contributed by atoms with van der Waals surface area (Å²) in [5, 5.41) is 6.12. The molecule has 0 aliphatic carbocycles. The van der Waals surface area contributed by atoms with E-state index < -0.39 is 0 Å². The molecule has 0 fully saturated rings. The lowest BCUT2D eigenvalue weighted by atomic mass is 10.1. The first-order valence-corrected chi connectivity index (χ1v) is 4.98. The molecule has 0 amide bonds. The minimum atomic E-state index is 0.878. The number of hydrogen-bond donors (Lipinski definition) is 2. The fraction of sp³-hybridized carbons (Fsp3) is 0.667. The highest BCUT2D eigenvalue weighted by atomic mass is 32.1. The molecule has 1 aromatic rings. The van der Waals surface area contributed by atoms with Gasteiger partial charge in [0.05, 0.1) is 0 Å². The normalized spacial score (nSPS) is 10.5. The Morgan fingerprint density at radius 1 is 1.25 bits per heavy atom. The third kappa shape index (κ3) is 1.97. The van der Waals surface area contributed by atoms with Gasteiger partial charge in [-0.3, -0.25) is 5.10 Å². The number of aryl methyl sites for hydroxylation is 1. The molecule has 0 radical (unpaired) electrons. The number of aromatic amines is 2. The second-order valence-electron chi connectivity index (χ2n) is 2.99. The quantitative estimate of drug-likeness (QED) is 0.693. The predicted octanol–water partition coefficient (Wildman–Crippen LogP) is 2.98. The zero-order chi connectivity index (χ0) is 8.97. The molecule has 1 aromatic heterocycles. The summed E-state index contributed by atoms with van der Waals surface area (Å²) < 4.78 is 0.878. The summed E-state index contributed by atoms with van der Waals surface area (Å²) in [6, 6.07) is 0. The van der Waals surface area contributed by atoms with Crippen LogP contribution in [0.3, 0.4) is 0 Å². The summed E-state index contributed by atoms with van der Waals surface area (Å²) in [6.07, 6.45) is 4.61. The fourth-order valence-corrected chi connectivity index (χ4v) is 1.68. The third-order valence-electron chi connectivity index (χ3n) is 2.10. The lowest BCUT2D eigenvalue weighted by Crippen LogP contribution is -1.90. The van der Waals surface area contributed by atoms with E-state index in [9.17, 15) is 0 Å². The van der Waals surface area contributed by atoms with Gasteiger partial charge in [0.1, 0.15) is 4.64 Å². The molecule has 2 N–H and O–H groups in total. The number of hydrogen-bond acceptors (Lipinski definition) is 1. The Morgan fingerprint density at radius 2 is 2.00 bits per heavy atom. The topological polar surface area (TPSA) is 31.6 Å². The van der Waals surface area contributed by atoms with Gasteiger partial charge < -0.3 is 5.10 Å². The van der Waals surface area contributed by atoms with Crippen molar-refractivity contribution in [3.05, 3.63) is 15.9 Å². The molecular weight excluding hydrogens is 168 g/mol. The molecule has 0 spiro atoms. The molecule has 0 aliphatic heterocycles. The first-order valence-electron chi connectivity index (χ1n) is 4.58. The van der Waals surface area contributed by atoms with Crippen molar-refractivity contribution in [2.75, 3.05) is 0 Å². The average Bonchev–Trinajstić information content (AvgIpc) is 2.43. The van der Waals surface area contributed by atoms with E-state index in [-0.39, 0.29) is 0 Å². The molecule has 0 saturated heterocycles. The van der Waals surface area contributed by atoms with Crippen LogP contribution in [0.4, 0.5) is 0 Å². The lowest BCUT2D eigenvalue weighted by molar-refractivity contribution is 0.765. The first kappa shape index (κ1) is 9.52. The summed E-state index contributed by atoms with van der Waals surface area (Å²) in [5.74, 6) is 0. The molecule has 68 valence electrons. The minimum absolute atomic E-state index is 0.878. The highest BCUT2D eigenvalue weighted by Crippen LogP contribution is 2.10. The number of H-pyrrole nitrogens is 2. The lowest BCUT2D eigenvalue weighted by Gasteiger charge is -1.97. The Morgan fingerprint density at radius 3 is 2.58 bits per heavy atom. The maximum Gasteiger partial charge on any atom is 0.122 e. The molecule has 1 rings (SSSR count). The van der Waals surface area contributed by atoms with Crippen LogP contribution in [0.5, 0.6) is 0 Å². The van der Waals surface area contributed by atoms with Gasteiger partial charge in [-0.05, 0) is 19.3 Å². The van der Waals surface area contributed by atoms with Gasteiger partial charge in [0.2, 0.25) is 0 Å². The van der Waals surface area contributed by atoms with Crippen molar-refractivity contribution in [2.24, 2.45) is 0 Å². The summed E-state index contributed by atoms with van der Waals surface area (Å²) in [7, 11) is 0. The van der Waals surface area contributed by atoms with Crippen LogP contribution in [0.25, 0.3) is 0 Å². The van der Waals surface area contributed by atoms with Crippen LogP contribution < -0.4 is 0 Å². The van der Waals surface area contributed by atoms with Gasteiger partial charge >= 0.3 is 0 Å². The van der Waals surface area contributed by atoms with Crippen molar-refractivity contribution in [3.8, 4) is 0 Å². The number of unbranched alkanes of at least 4 members (excludes halogenated alkanes) is 1. The average molecular weight is 184 g/mol. The van der Waals surface area contributed by atoms with E-state index in [0.29, 0.717) is 0 Å². The fourth-order valence-electron chi connectivity index (χ4n) is 1.36. The van der Waals surface area contributed by atoms with E-state index in [2.05, 4.69) is 24.0 Å². The standard InChI is InChI=1S/C9H16N2S/c1-3-5-6-8-7(4-2)9(12)11-10-8/h3-6H2,1-2H3,(H2,10,11,12). The molecular formula is C9H16N2S. The minimum Gasteiger partial charge on any atom is -0.304 e. The number of aromatic nitrogens is 2. The smallest absolute Gasteiger partial charge is 0.122 e. The van der Waals surface area contributed by atoms with Crippen LogP contribution in [0.2, 0.25) is 0 Å². The number of nitrogens with one attached hydrogen (secondary N) is 2. The highest BCUT2D eigenvalue weighted by molar-refractivity contribution is 7.71. The Balaban J connectivity index is 2.77. The van der Waals surface area contributed by atoms with Gasteiger partial charge in [0.15, 0.2) is 0 Å². The van der Waals surface area contributed by atoms with Gasteiger partial charge in [-0.2, -0.15) is 0 Å². The highest BCUT2D eigenvalue weighted by Gasteiger charge is 2.03. The van der Waals surface area contributed by atoms with Crippen LogP contribution in [-0.4, -0.2) is 10.2 Å². The number of rotatable bonds is 4. The van der Waals surface area contributed by atoms with Gasteiger partial charge in [-0.15, -0.1) is 0 Å². The SMILES string of the molecule is CCCCc1[nH][nH]c(=S)c1CC. The van der Waals surface area contributed by atoms with E-state index in [4.69, 9.17) is 12.2 Å². The Bertz CT molecular complexity index is 285. The predicted molar refractivity (Wildman–Crippen MR) is 54.0 cm³/mol. The maximum atomic E-state index is 5.14. The van der Waals surface area contributed by atoms with Crippen molar-refractivity contribution in [3.63, 3.8) is 0 Å². The second-order valence-corrected chi connectivity index (χ2v) is 3.40. The van der Waals surface area contributed by atoms with Gasteiger partial charge in [0, 0.05) is 11.3 Å². The van der Waals surface area contributed by atoms with Gasteiger partial charge in [-0.1, -0.05) is 32.5 Å². The molecule has 12 heavy (non-hydrogen) atoms. The van der Waals surface area contributed by atoms with Crippen molar-refractivity contribution in [2.45, 2.75) is 39.5 Å². The molecule has 0 aliphatic rings. The molecule has 0 unspecified atom stereocenters. The molecule has 0 atom stereocenters. The summed E-state index contributed by atoms with van der Waals surface area (Å²) in [6.45, 7) is 4.34. The zero-order valence-corrected chi connectivity index (χ0v) is 8.55. The van der Waals surface area contributed by atoms with Crippen LogP contribution in [0, 0.1) is 4.64 Å². The van der Waals surface area contributed by atoms with E-state index in [0.717, 1.165) is 17.5 Å². The van der Waals surface area contributed by atoms with Crippen LogP contribution in [-0.2, 0) is 12.8 Å². The largest absolute Gasteiger partial charge is 0.304 e. The zero-order valence-electron chi connectivity index (χ0n) is 7.74. The van der Waals surface area contributed by atoms with E-state index in [1.54, 1.807) is 0 Å². The van der Waals surface area contributed by atoms with Crippen LogP contribution in [0.1, 0.15) is 37.9 Å². The monoisotopic (exact) mass is 184 g/mol. The molecule has 0 bridgehead atoms. The third-order valence-corrected chi connectivity index (χ3v) is 2.45. The molecule has 3 heteroatoms. The van der Waals surface area contributed by atoms with E-state index >= 15 is 0 Å². The Labute approximate surface area is 78.4 Å². The van der Waals surface area contributed by atoms with Crippen LogP contribution in [0.15, 0.2) is 0 Å². The molecule has 1 heterocycles.